The van der Waals surface area contributed by atoms with Crippen molar-refractivity contribution >= 4 is 5.69 Å². The van der Waals surface area contributed by atoms with Gasteiger partial charge in [-0.2, -0.15) is 0 Å². The summed E-state index contributed by atoms with van der Waals surface area (Å²) in [7, 11) is 2.16. The summed E-state index contributed by atoms with van der Waals surface area (Å²) in [5.74, 6) is 0. The van der Waals surface area contributed by atoms with E-state index in [1.807, 2.05) is 0 Å². The predicted molar refractivity (Wildman–Crippen MR) is 76.9 cm³/mol. The Bertz CT molecular complexity index is 368. The third-order valence-electron chi connectivity index (χ3n) is 3.63. The summed E-state index contributed by atoms with van der Waals surface area (Å²) < 4.78 is 0. The Labute approximate surface area is 106 Å². The Morgan fingerprint density at radius 3 is 2.00 bits per heavy atom. The molecule has 1 aromatic carbocycles. The van der Waals surface area contributed by atoms with Crippen LogP contribution in [-0.4, -0.2) is 19.6 Å². The van der Waals surface area contributed by atoms with Crippen LogP contribution < -0.4 is 10.6 Å². The van der Waals surface area contributed by atoms with Crippen LogP contribution in [0.15, 0.2) is 6.07 Å². The van der Waals surface area contributed by atoms with Crippen LogP contribution in [0.25, 0.3) is 0 Å². The Kier molecular flexibility index (Phi) is 4.58. The summed E-state index contributed by atoms with van der Waals surface area (Å²) in [6, 6.07) is 2.54. The Balaban J connectivity index is 3.03. The fourth-order valence-electron chi connectivity index (χ4n) is 2.28. The molecule has 96 valence electrons. The van der Waals surface area contributed by atoms with E-state index in [0.29, 0.717) is 0 Å². The first kappa shape index (κ1) is 14.0. The Hall–Kier alpha value is -1.02. The summed E-state index contributed by atoms with van der Waals surface area (Å²) in [4.78, 5) is 2.34. The molecule has 0 saturated heterocycles. The normalized spacial score (nSPS) is 12.6. The summed E-state index contributed by atoms with van der Waals surface area (Å²) in [5.41, 5.74) is 12.7. The molecule has 0 amide bonds. The Morgan fingerprint density at radius 1 is 1.12 bits per heavy atom. The summed E-state index contributed by atoms with van der Waals surface area (Å²) in [6.45, 7) is 11.9. The molecule has 1 rings (SSSR count). The first-order valence-corrected chi connectivity index (χ1v) is 6.38. The Morgan fingerprint density at radius 2 is 1.59 bits per heavy atom. The molecule has 1 aromatic rings. The van der Waals surface area contributed by atoms with Crippen molar-refractivity contribution < 1.29 is 0 Å². The van der Waals surface area contributed by atoms with E-state index in [1.165, 1.54) is 27.9 Å². The molecule has 2 heteroatoms. The van der Waals surface area contributed by atoms with Crippen LogP contribution in [0.2, 0.25) is 0 Å². The van der Waals surface area contributed by atoms with Gasteiger partial charge in [-0.05, 0) is 63.3 Å². The number of rotatable bonds is 4. The maximum atomic E-state index is 5.83. The zero-order valence-corrected chi connectivity index (χ0v) is 12.1. The highest BCUT2D eigenvalue weighted by molar-refractivity contribution is 5.63. The average Bonchev–Trinajstić information content (AvgIpc) is 2.24. The van der Waals surface area contributed by atoms with Crippen molar-refractivity contribution in [3.05, 3.63) is 28.3 Å². The van der Waals surface area contributed by atoms with E-state index in [0.717, 1.165) is 13.0 Å². The van der Waals surface area contributed by atoms with Crippen LogP contribution in [0.4, 0.5) is 5.69 Å². The van der Waals surface area contributed by atoms with E-state index in [9.17, 15) is 0 Å². The monoisotopic (exact) mass is 234 g/mol. The molecule has 1 atom stereocenters. The number of aryl methyl sites for hydroxylation is 2. The summed E-state index contributed by atoms with van der Waals surface area (Å²) >= 11 is 0. The average molecular weight is 234 g/mol. The number of hydrogen-bond donors (Lipinski definition) is 1. The quantitative estimate of drug-likeness (QED) is 0.867. The minimum Gasteiger partial charge on any atom is -0.374 e. The number of nitrogens with two attached hydrogens (primary N) is 1. The van der Waals surface area contributed by atoms with Crippen molar-refractivity contribution in [1.82, 2.24) is 0 Å². The number of benzene rings is 1. The van der Waals surface area contributed by atoms with E-state index in [-0.39, 0.29) is 6.04 Å². The van der Waals surface area contributed by atoms with Crippen molar-refractivity contribution in [2.24, 2.45) is 5.73 Å². The van der Waals surface area contributed by atoms with Gasteiger partial charge in [0.1, 0.15) is 0 Å². The molecule has 0 aliphatic rings. The molecular formula is C15H26N2. The van der Waals surface area contributed by atoms with Crippen molar-refractivity contribution in [2.45, 2.75) is 47.1 Å². The zero-order chi connectivity index (χ0) is 13.2. The van der Waals surface area contributed by atoms with E-state index >= 15 is 0 Å². The molecule has 0 fully saturated rings. The molecule has 0 aliphatic heterocycles. The van der Waals surface area contributed by atoms with Crippen LogP contribution in [0, 0.1) is 27.7 Å². The van der Waals surface area contributed by atoms with Gasteiger partial charge >= 0.3 is 0 Å². The smallest absolute Gasteiger partial charge is 0.0428 e. The van der Waals surface area contributed by atoms with Gasteiger partial charge in [0.2, 0.25) is 0 Å². The van der Waals surface area contributed by atoms with Gasteiger partial charge in [0.25, 0.3) is 0 Å². The maximum absolute atomic E-state index is 5.83. The number of nitrogens with zero attached hydrogens (tertiary/aromatic N) is 1. The van der Waals surface area contributed by atoms with Crippen LogP contribution in [-0.2, 0) is 0 Å². The summed E-state index contributed by atoms with van der Waals surface area (Å²) in [5, 5.41) is 0. The van der Waals surface area contributed by atoms with Gasteiger partial charge in [-0.15, -0.1) is 0 Å². The number of anilines is 1. The molecule has 17 heavy (non-hydrogen) atoms. The van der Waals surface area contributed by atoms with E-state index in [4.69, 9.17) is 5.73 Å². The molecule has 0 saturated carbocycles. The predicted octanol–water partition coefficient (Wildman–Crippen LogP) is 3.09. The molecule has 0 aromatic heterocycles. The molecule has 2 N–H and O–H groups in total. The molecule has 1 unspecified atom stereocenters. The lowest BCUT2D eigenvalue weighted by Crippen LogP contribution is -2.27. The van der Waals surface area contributed by atoms with Crippen LogP contribution in [0.3, 0.4) is 0 Å². The lowest BCUT2D eigenvalue weighted by Gasteiger charge is -2.26. The standard InChI is InChI=1S/C15H26N2/c1-10-9-11(2)14(5)15(13(10)4)17(6)8-7-12(3)16/h9,12H,7-8,16H2,1-6H3. The zero-order valence-electron chi connectivity index (χ0n) is 12.1. The fourth-order valence-corrected chi connectivity index (χ4v) is 2.28. The van der Waals surface area contributed by atoms with E-state index in [2.05, 4.69) is 52.6 Å². The topological polar surface area (TPSA) is 29.3 Å². The first-order valence-electron chi connectivity index (χ1n) is 6.38. The molecule has 0 radical (unpaired) electrons. The minimum atomic E-state index is 0.268. The maximum Gasteiger partial charge on any atom is 0.0428 e. The van der Waals surface area contributed by atoms with Gasteiger partial charge in [0.15, 0.2) is 0 Å². The van der Waals surface area contributed by atoms with Crippen LogP contribution in [0.1, 0.15) is 35.6 Å². The molecular weight excluding hydrogens is 208 g/mol. The highest BCUT2D eigenvalue weighted by atomic mass is 15.1. The van der Waals surface area contributed by atoms with Gasteiger partial charge in [-0.25, -0.2) is 0 Å². The third kappa shape index (κ3) is 3.22. The number of hydrogen-bond acceptors (Lipinski definition) is 2. The summed E-state index contributed by atoms with van der Waals surface area (Å²) in [6.07, 6.45) is 1.03. The van der Waals surface area contributed by atoms with Crippen molar-refractivity contribution in [2.75, 3.05) is 18.5 Å². The highest BCUT2D eigenvalue weighted by Crippen LogP contribution is 2.29. The SMILES string of the molecule is Cc1cc(C)c(C)c(N(C)CCC(C)N)c1C. The molecule has 0 spiro atoms. The fraction of sp³-hybridized carbons (Fsp3) is 0.600. The molecule has 0 heterocycles. The highest BCUT2D eigenvalue weighted by Gasteiger charge is 2.12. The van der Waals surface area contributed by atoms with Gasteiger partial charge in [-0.3, -0.25) is 0 Å². The van der Waals surface area contributed by atoms with Crippen molar-refractivity contribution in [3.8, 4) is 0 Å². The van der Waals surface area contributed by atoms with E-state index in [1.54, 1.807) is 0 Å². The second-order valence-corrected chi connectivity index (χ2v) is 5.30. The molecule has 2 nitrogen and oxygen atoms in total. The van der Waals surface area contributed by atoms with Gasteiger partial charge < -0.3 is 10.6 Å². The first-order chi connectivity index (χ1) is 7.84. The lowest BCUT2D eigenvalue weighted by atomic mass is 9.98. The van der Waals surface area contributed by atoms with Gasteiger partial charge in [0.05, 0.1) is 0 Å². The lowest BCUT2D eigenvalue weighted by molar-refractivity contribution is 0.658. The molecule has 0 bridgehead atoms. The van der Waals surface area contributed by atoms with Crippen LogP contribution in [0.5, 0.6) is 0 Å². The third-order valence-corrected chi connectivity index (χ3v) is 3.63. The second kappa shape index (κ2) is 5.54. The minimum absolute atomic E-state index is 0.268. The molecule has 0 aliphatic carbocycles. The van der Waals surface area contributed by atoms with Gasteiger partial charge in [0, 0.05) is 25.3 Å². The van der Waals surface area contributed by atoms with Crippen molar-refractivity contribution in [1.29, 1.82) is 0 Å². The van der Waals surface area contributed by atoms with Crippen molar-refractivity contribution in [3.63, 3.8) is 0 Å². The van der Waals surface area contributed by atoms with Gasteiger partial charge in [-0.1, -0.05) is 6.07 Å². The van der Waals surface area contributed by atoms with Crippen LogP contribution >= 0.6 is 0 Å². The second-order valence-electron chi connectivity index (χ2n) is 5.30. The van der Waals surface area contributed by atoms with E-state index < -0.39 is 0 Å². The largest absolute Gasteiger partial charge is 0.374 e.